The Balaban J connectivity index is 4.08. The zero-order chi connectivity index (χ0) is 30.8. The second kappa shape index (κ2) is 25.9. The molecule has 0 heterocycles. The Morgan fingerprint density at radius 1 is 0.756 bits per heavy atom. The van der Waals surface area contributed by atoms with Crippen LogP contribution in [-0.2, 0) is 37.5 Å². The van der Waals surface area contributed by atoms with Crippen LogP contribution in [0, 0.1) is 0 Å². The number of esters is 2. The van der Waals surface area contributed by atoms with Crippen LogP contribution < -0.4 is 5.73 Å². The van der Waals surface area contributed by atoms with Gasteiger partial charge in [-0.25, -0.2) is 4.57 Å². The molecule has 0 saturated heterocycles. The van der Waals surface area contributed by atoms with Gasteiger partial charge in [0.1, 0.15) is 12.6 Å². The molecule has 0 radical (unpaired) electrons. The number of carbonyl (C=O) groups excluding carboxylic acids is 2. The number of rotatable bonds is 28. The molecule has 0 spiro atoms. The highest BCUT2D eigenvalue weighted by Gasteiger charge is 2.28. The van der Waals surface area contributed by atoms with Crippen molar-refractivity contribution < 1.29 is 47.5 Å². The van der Waals surface area contributed by atoms with Crippen molar-refractivity contribution in [3.63, 3.8) is 0 Å². The maximum atomic E-state index is 12.3. The Morgan fingerprint density at radius 3 is 1.80 bits per heavy atom. The summed E-state index contributed by atoms with van der Waals surface area (Å²) in [4.78, 5) is 44.2. The maximum absolute atomic E-state index is 12.3. The van der Waals surface area contributed by atoms with Crippen LogP contribution in [-0.4, -0.2) is 59.9 Å². The number of allylic oxidation sites excluding steroid dienone is 2. The van der Waals surface area contributed by atoms with Gasteiger partial charge in [-0.15, -0.1) is 0 Å². The number of phosphoric acid groups is 1. The van der Waals surface area contributed by atoms with Crippen molar-refractivity contribution in [3.05, 3.63) is 12.2 Å². The number of carboxylic acid groups (broad SMARTS) is 1. The van der Waals surface area contributed by atoms with E-state index in [1.165, 1.54) is 64.2 Å². The summed E-state index contributed by atoms with van der Waals surface area (Å²) in [7, 11) is -4.67. The van der Waals surface area contributed by atoms with Gasteiger partial charge in [0, 0.05) is 12.8 Å². The third kappa shape index (κ3) is 25.6. The highest BCUT2D eigenvalue weighted by atomic mass is 31.2. The van der Waals surface area contributed by atoms with E-state index in [9.17, 15) is 23.8 Å². The minimum Gasteiger partial charge on any atom is -0.480 e. The van der Waals surface area contributed by atoms with Gasteiger partial charge in [0.25, 0.3) is 0 Å². The van der Waals surface area contributed by atoms with Gasteiger partial charge in [0.15, 0.2) is 6.10 Å². The summed E-state index contributed by atoms with van der Waals surface area (Å²) in [5.74, 6) is -2.49. The second-order valence-electron chi connectivity index (χ2n) is 10.2. The molecule has 0 fully saturated rings. The molecular weight excluding hydrogens is 553 g/mol. The summed E-state index contributed by atoms with van der Waals surface area (Å²) in [5.41, 5.74) is 5.24. The van der Waals surface area contributed by atoms with E-state index in [1.807, 2.05) is 0 Å². The fraction of sp³-hybridized carbons (Fsp3) is 0.828. The molecule has 3 atom stereocenters. The summed E-state index contributed by atoms with van der Waals surface area (Å²) in [6.45, 7) is 2.13. The van der Waals surface area contributed by atoms with Crippen molar-refractivity contribution in [2.45, 2.75) is 135 Å². The van der Waals surface area contributed by atoms with E-state index in [4.69, 9.17) is 24.8 Å². The zero-order valence-corrected chi connectivity index (χ0v) is 26.0. The lowest BCUT2D eigenvalue weighted by atomic mass is 10.1. The summed E-state index contributed by atoms with van der Waals surface area (Å²) < 4.78 is 31.6. The van der Waals surface area contributed by atoms with Crippen LogP contribution in [0.15, 0.2) is 12.2 Å². The Labute approximate surface area is 246 Å². The van der Waals surface area contributed by atoms with Crippen LogP contribution in [0.2, 0.25) is 0 Å². The van der Waals surface area contributed by atoms with Gasteiger partial charge < -0.3 is 25.2 Å². The fourth-order valence-electron chi connectivity index (χ4n) is 3.80. The van der Waals surface area contributed by atoms with Crippen LogP contribution in [0.25, 0.3) is 0 Å². The molecular formula is C29H54NO10P. The zero-order valence-electron chi connectivity index (χ0n) is 25.1. The van der Waals surface area contributed by atoms with Gasteiger partial charge in [-0.3, -0.25) is 23.4 Å². The maximum Gasteiger partial charge on any atom is 0.472 e. The molecule has 41 heavy (non-hydrogen) atoms. The Morgan fingerprint density at radius 2 is 1.27 bits per heavy atom. The lowest BCUT2D eigenvalue weighted by Crippen LogP contribution is -2.34. The van der Waals surface area contributed by atoms with Crippen LogP contribution in [0.5, 0.6) is 0 Å². The smallest absolute Gasteiger partial charge is 0.472 e. The second-order valence-corrected chi connectivity index (χ2v) is 11.6. The molecule has 3 unspecified atom stereocenters. The van der Waals surface area contributed by atoms with Gasteiger partial charge in [-0.1, -0.05) is 90.2 Å². The Hall–Kier alpha value is -1.78. The van der Waals surface area contributed by atoms with Gasteiger partial charge >= 0.3 is 25.7 Å². The van der Waals surface area contributed by atoms with E-state index in [0.717, 1.165) is 25.7 Å². The molecule has 11 nitrogen and oxygen atoms in total. The minimum absolute atomic E-state index is 0.103. The van der Waals surface area contributed by atoms with Crippen LogP contribution >= 0.6 is 7.82 Å². The van der Waals surface area contributed by atoms with Crippen LogP contribution in [0.1, 0.15) is 123 Å². The number of aliphatic carboxylic acids is 1. The van der Waals surface area contributed by atoms with E-state index in [0.29, 0.717) is 6.42 Å². The number of unbranched alkanes of at least 4 members (excludes halogenated alkanes) is 13. The lowest BCUT2D eigenvalue weighted by Gasteiger charge is -2.20. The fourth-order valence-corrected chi connectivity index (χ4v) is 4.58. The number of ether oxygens (including phenoxy) is 2. The molecule has 0 rings (SSSR count). The third-order valence-corrected chi connectivity index (χ3v) is 7.27. The lowest BCUT2D eigenvalue weighted by molar-refractivity contribution is -0.161. The number of carboxylic acids is 1. The number of phosphoric ester groups is 1. The van der Waals surface area contributed by atoms with Crippen LogP contribution in [0.4, 0.5) is 0 Å². The first-order valence-electron chi connectivity index (χ1n) is 15.2. The van der Waals surface area contributed by atoms with Crippen molar-refractivity contribution >= 4 is 25.7 Å². The van der Waals surface area contributed by atoms with Crippen molar-refractivity contribution in [3.8, 4) is 0 Å². The Kier molecular flexibility index (Phi) is 24.8. The monoisotopic (exact) mass is 607 g/mol. The van der Waals surface area contributed by atoms with E-state index < -0.39 is 51.1 Å². The van der Waals surface area contributed by atoms with E-state index >= 15 is 0 Å². The first kappa shape index (κ1) is 39.2. The minimum atomic E-state index is -4.67. The molecule has 0 aromatic rings. The highest BCUT2D eigenvalue weighted by Crippen LogP contribution is 2.43. The predicted octanol–water partition coefficient (Wildman–Crippen LogP) is 6.21. The standard InChI is InChI=1S/C29H54NO10P/c1-3-5-6-7-8-9-10-11-12-13-14-15-16-17-18-19-20-21-28(32)40-25(22-37-27(31)4-2)23-38-41(35,36)39-24-26(30)29(33)34/h11-12,25-26H,3-10,13-24,30H2,1-2H3,(H,33,34)(H,35,36)/b12-11-. The summed E-state index contributed by atoms with van der Waals surface area (Å²) in [6, 6.07) is -1.51. The first-order chi connectivity index (χ1) is 19.6. The normalized spacial score (nSPS) is 14.4. The number of hydrogen-bond donors (Lipinski definition) is 3. The van der Waals surface area contributed by atoms with Gasteiger partial charge in [0.2, 0.25) is 0 Å². The predicted molar refractivity (Wildman–Crippen MR) is 157 cm³/mol. The average Bonchev–Trinajstić information content (AvgIpc) is 2.94. The molecule has 0 aliphatic rings. The molecule has 0 aliphatic carbocycles. The Bertz CT molecular complexity index is 777. The quantitative estimate of drug-likeness (QED) is 0.0399. The average molecular weight is 608 g/mol. The molecule has 0 aliphatic heterocycles. The summed E-state index contributed by atoms with van der Waals surface area (Å²) in [5, 5.41) is 8.73. The van der Waals surface area contributed by atoms with Gasteiger partial charge in [-0.05, 0) is 32.1 Å². The van der Waals surface area contributed by atoms with Crippen molar-refractivity contribution in [1.82, 2.24) is 0 Å². The molecule has 0 aromatic carbocycles. The molecule has 12 heteroatoms. The van der Waals surface area contributed by atoms with Crippen molar-refractivity contribution in [2.24, 2.45) is 5.73 Å². The molecule has 0 bridgehead atoms. The molecule has 0 aromatic heterocycles. The summed E-state index contributed by atoms with van der Waals surface area (Å²) >= 11 is 0. The van der Waals surface area contributed by atoms with Crippen molar-refractivity contribution in [2.75, 3.05) is 19.8 Å². The van der Waals surface area contributed by atoms with Gasteiger partial charge in [-0.2, -0.15) is 0 Å². The number of carbonyl (C=O) groups is 3. The van der Waals surface area contributed by atoms with E-state index in [1.54, 1.807) is 6.92 Å². The molecule has 0 amide bonds. The topological polar surface area (TPSA) is 172 Å². The van der Waals surface area contributed by atoms with Crippen LogP contribution in [0.3, 0.4) is 0 Å². The molecule has 0 saturated carbocycles. The van der Waals surface area contributed by atoms with E-state index in [-0.39, 0.29) is 19.4 Å². The van der Waals surface area contributed by atoms with Crippen molar-refractivity contribution in [1.29, 1.82) is 0 Å². The summed E-state index contributed by atoms with van der Waals surface area (Å²) in [6.07, 6.45) is 21.3. The number of hydrogen-bond acceptors (Lipinski definition) is 9. The SMILES string of the molecule is CCCCCCCC/C=C\CCCCCCCCCC(=O)OC(COC(=O)CC)COP(=O)(O)OCC(N)C(=O)O. The molecule has 4 N–H and O–H groups in total. The first-order valence-corrected chi connectivity index (χ1v) is 16.7. The highest BCUT2D eigenvalue weighted by molar-refractivity contribution is 7.47. The van der Waals surface area contributed by atoms with E-state index in [2.05, 4.69) is 23.6 Å². The molecule has 240 valence electrons. The van der Waals surface area contributed by atoms with Gasteiger partial charge in [0.05, 0.1) is 13.2 Å². The third-order valence-electron chi connectivity index (χ3n) is 6.32. The largest absolute Gasteiger partial charge is 0.480 e. The number of nitrogens with two attached hydrogens (primary N) is 1.